The molecule has 0 radical (unpaired) electrons. The normalized spacial score (nSPS) is 34.0. The highest BCUT2D eigenvalue weighted by molar-refractivity contribution is 5.78. The number of carbonyl (C=O) groups is 1. The molecule has 3 nitrogen and oxygen atoms in total. The lowest BCUT2D eigenvalue weighted by molar-refractivity contribution is -0.124. The van der Waals surface area contributed by atoms with E-state index in [1.54, 1.807) is 0 Å². The lowest BCUT2D eigenvalue weighted by atomic mass is 10.0. The molecule has 1 aliphatic heterocycles. The summed E-state index contributed by atoms with van der Waals surface area (Å²) < 4.78 is 0. The summed E-state index contributed by atoms with van der Waals surface area (Å²) >= 11 is 0. The van der Waals surface area contributed by atoms with Gasteiger partial charge in [0.25, 0.3) is 0 Å². The molecule has 3 heteroatoms. The third kappa shape index (κ3) is 2.40. The van der Waals surface area contributed by atoms with Crippen LogP contribution in [0.15, 0.2) is 0 Å². The zero-order chi connectivity index (χ0) is 11.6. The number of hydrogen-bond donors (Lipinski definition) is 2. The van der Waals surface area contributed by atoms with Gasteiger partial charge in [0.2, 0.25) is 5.91 Å². The molecule has 92 valence electrons. The first-order chi connectivity index (χ1) is 7.68. The van der Waals surface area contributed by atoms with Gasteiger partial charge in [0, 0.05) is 18.0 Å². The summed E-state index contributed by atoms with van der Waals surface area (Å²) in [7, 11) is 0. The van der Waals surface area contributed by atoms with Gasteiger partial charge in [-0.2, -0.15) is 0 Å². The number of fused-ring (bicyclic) bond motifs is 1. The van der Waals surface area contributed by atoms with Crippen LogP contribution in [0.4, 0.5) is 0 Å². The Bertz CT molecular complexity index is 267. The van der Waals surface area contributed by atoms with E-state index in [2.05, 4.69) is 17.6 Å². The molecule has 0 aromatic carbocycles. The average Bonchev–Trinajstić information content (AvgIpc) is 3.01. The van der Waals surface area contributed by atoms with Crippen molar-refractivity contribution in [2.24, 2.45) is 11.8 Å². The molecule has 3 atom stereocenters. The van der Waals surface area contributed by atoms with E-state index in [4.69, 9.17) is 0 Å². The van der Waals surface area contributed by atoms with Crippen LogP contribution in [0.25, 0.3) is 0 Å². The van der Waals surface area contributed by atoms with Crippen LogP contribution in [0.2, 0.25) is 0 Å². The summed E-state index contributed by atoms with van der Waals surface area (Å²) in [5.74, 6) is 1.22. The van der Waals surface area contributed by atoms with Crippen LogP contribution in [0.1, 0.15) is 46.0 Å². The highest BCUT2D eigenvalue weighted by atomic mass is 16.1. The van der Waals surface area contributed by atoms with Crippen molar-refractivity contribution in [1.29, 1.82) is 0 Å². The molecule has 2 aliphatic rings. The van der Waals surface area contributed by atoms with E-state index in [-0.39, 0.29) is 17.4 Å². The van der Waals surface area contributed by atoms with E-state index in [0.29, 0.717) is 0 Å². The Morgan fingerprint density at radius 3 is 3.12 bits per heavy atom. The Morgan fingerprint density at radius 2 is 2.44 bits per heavy atom. The molecule has 2 rings (SSSR count). The van der Waals surface area contributed by atoms with Gasteiger partial charge in [-0.3, -0.25) is 4.79 Å². The largest absolute Gasteiger partial charge is 0.354 e. The van der Waals surface area contributed by atoms with Gasteiger partial charge in [-0.15, -0.1) is 0 Å². The number of carbonyl (C=O) groups excluding carboxylic acids is 1. The van der Waals surface area contributed by atoms with E-state index < -0.39 is 0 Å². The fourth-order valence-electron chi connectivity index (χ4n) is 2.92. The van der Waals surface area contributed by atoms with Crippen molar-refractivity contribution in [2.75, 3.05) is 13.1 Å². The van der Waals surface area contributed by atoms with Crippen molar-refractivity contribution in [3.05, 3.63) is 0 Å². The third-order valence-electron chi connectivity index (χ3n) is 4.19. The number of hydrogen-bond acceptors (Lipinski definition) is 2. The molecule has 0 aromatic heterocycles. The lowest BCUT2D eigenvalue weighted by Crippen LogP contribution is -2.47. The quantitative estimate of drug-likeness (QED) is 0.746. The molecule has 0 spiro atoms. The van der Waals surface area contributed by atoms with E-state index in [1.807, 2.05) is 6.92 Å². The SMILES string of the molecule is CCCC(C)C(=O)NCC12CC1CCCN2. The minimum absolute atomic E-state index is 0.169. The Morgan fingerprint density at radius 1 is 1.62 bits per heavy atom. The predicted octanol–water partition coefficient (Wildman–Crippen LogP) is 1.68. The van der Waals surface area contributed by atoms with Gasteiger partial charge in [-0.05, 0) is 38.1 Å². The standard InChI is InChI=1S/C13H24N2O/c1-3-5-10(2)12(16)14-9-13-8-11(13)6-4-7-15-13/h10-11,15H,3-9H2,1-2H3,(H,14,16). The molecule has 1 saturated heterocycles. The van der Waals surface area contributed by atoms with Crippen LogP contribution in [0, 0.1) is 11.8 Å². The molecule has 2 N–H and O–H groups in total. The zero-order valence-electron chi connectivity index (χ0n) is 10.5. The monoisotopic (exact) mass is 224 g/mol. The molecule has 2 fully saturated rings. The molecule has 3 unspecified atom stereocenters. The number of nitrogens with one attached hydrogen (secondary N) is 2. The van der Waals surface area contributed by atoms with E-state index in [9.17, 15) is 4.79 Å². The zero-order valence-corrected chi connectivity index (χ0v) is 10.5. The van der Waals surface area contributed by atoms with Crippen LogP contribution in [0.5, 0.6) is 0 Å². The molecular formula is C13H24N2O. The summed E-state index contributed by atoms with van der Waals surface area (Å²) in [6, 6.07) is 0. The van der Waals surface area contributed by atoms with Gasteiger partial charge in [0.15, 0.2) is 0 Å². The van der Waals surface area contributed by atoms with Crippen molar-refractivity contribution in [1.82, 2.24) is 10.6 Å². The maximum Gasteiger partial charge on any atom is 0.222 e. The van der Waals surface area contributed by atoms with Crippen molar-refractivity contribution in [3.8, 4) is 0 Å². The van der Waals surface area contributed by atoms with E-state index in [1.165, 1.54) is 19.3 Å². The average molecular weight is 224 g/mol. The van der Waals surface area contributed by atoms with Crippen LogP contribution in [-0.4, -0.2) is 24.5 Å². The summed E-state index contributed by atoms with van der Waals surface area (Å²) in [5, 5.41) is 6.70. The fraction of sp³-hybridized carbons (Fsp3) is 0.923. The van der Waals surface area contributed by atoms with Gasteiger partial charge in [-0.25, -0.2) is 0 Å². The summed E-state index contributed by atoms with van der Waals surface area (Å²) in [6.07, 6.45) is 5.98. The highest BCUT2D eigenvalue weighted by Gasteiger charge is 2.54. The smallest absolute Gasteiger partial charge is 0.222 e. The molecular weight excluding hydrogens is 200 g/mol. The van der Waals surface area contributed by atoms with E-state index >= 15 is 0 Å². The van der Waals surface area contributed by atoms with Crippen LogP contribution in [-0.2, 0) is 4.79 Å². The predicted molar refractivity (Wildman–Crippen MR) is 65.2 cm³/mol. The second kappa shape index (κ2) is 4.74. The summed E-state index contributed by atoms with van der Waals surface area (Å²) in [5.41, 5.74) is 0.278. The lowest BCUT2D eigenvalue weighted by Gasteiger charge is -2.24. The summed E-state index contributed by atoms with van der Waals surface area (Å²) in [4.78, 5) is 11.8. The van der Waals surface area contributed by atoms with Gasteiger partial charge in [0.05, 0.1) is 0 Å². The molecule has 0 aromatic rings. The Hall–Kier alpha value is -0.570. The second-order valence-electron chi connectivity index (χ2n) is 5.53. The van der Waals surface area contributed by atoms with Crippen LogP contribution >= 0.6 is 0 Å². The van der Waals surface area contributed by atoms with Gasteiger partial charge in [0.1, 0.15) is 0 Å². The van der Waals surface area contributed by atoms with Crippen molar-refractivity contribution < 1.29 is 4.79 Å². The number of rotatable bonds is 5. The second-order valence-corrected chi connectivity index (χ2v) is 5.53. The fourth-order valence-corrected chi connectivity index (χ4v) is 2.92. The molecule has 1 saturated carbocycles. The first-order valence-electron chi connectivity index (χ1n) is 6.70. The Balaban J connectivity index is 1.73. The minimum Gasteiger partial charge on any atom is -0.354 e. The maximum absolute atomic E-state index is 11.8. The first kappa shape index (κ1) is 11.9. The van der Waals surface area contributed by atoms with E-state index in [0.717, 1.165) is 31.8 Å². The van der Waals surface area contributed by atoms with Gasteiger partial charge < -0.3 is 10.6 Å². The molecule has 1 amide bonds. The molecule has 1 aliphatic carbocycles. The minimum atomic E-state index is 0.169. The van der Waals surface area contributed by atoms with Gasteiger partial charge in [-0.1, -0.05) is 20.3 Å². The molecule has 1 heterocycles. The highest BCUT2D eigenvalue weighted by Crippen LogP contribution is 2.48. The maximum atomic E-state index is 11.8. The Labute approximate surface area is 98.4 Å². The third-order valence-corrected chi connectivity index (χ3v) is 4.19. The number of piperidine rings is 1. The van der Waals surface area contributed by atoms with Crippen molar-refractivity contribution in [3.63, 3.8) is 0 Å². The molecule has 0 bridgehead atoms. The van der Waals surface area contributed by atoms with Crippen LogP contribution in [0.3, 0.4) is 0 Å². The Kier molecular flexibility index (Phi) is 3.53. The number of amides is 1. The molecule has 16 heavy (non-hydrogen) atoms. The van der Waals surface area contributed by atoms with Gasteiger partial charge >= 0.3 is 0 Å². The van der Waals surface area contributed by atoms with Crippen molar-refractivity contribution >= 4 is 5.91 Å². The summed E-state index contributed by atoms with van der Waals surface area (Å²) in [6.45, 7) is 6.11. The van der Waals surface area contributed by atoms with Crippen molar-refractivity contribution in [2.45, 2.75) is 51.5 Å². The first-order valence-corrected chi connectivity index (χ1v) is 6.70. The van der Waals surface area contributed by atoms with Crippen LogP contribution < -0.4 is 10.6 Å². The topological polar surface area (TPSA) is 41.1 Å².